The van der Waals surface area contributed by atoms with Gasteiger partial charge >= 0.3 is 0 Å². The number of carbonyl (C=O) groups excluding carboxylic acids is 1. The lowest BCUT2D eigenvalue weighted by Crippen LogP contribution is -2.44. The molecule has 0 unspecified atom stereocenters. The van der Waals surface area contributed by atoms with Crippen molar-refractivity contribution in [3.8, 4) is 0 Å². The molecule has 0 spiro atoms. The SMILES string of the molecule is Cc1n[nH]c(C)c1[C@@H]1COCCN1C(=O)c1ccc(F)cc1F. The number of H-pyrrole nitrogens is 1. The van der Waals surface area contributed by atoms with Crippen molar-refractivity contribution in [3.05, 3.63) is 52.3 Å². The quantitative estimate of drug-likeness (QED) is 0.925. The maximum Gasteiger partial charge on any atom is 0.257 e. The number of hydrogen-bond donors (Lipinski definition) is 1. The number of benzene rings is 1. The van der Waals surface area contributed by atoms with Gasteiger partial charge in [-0.2, -0.15) is 5.10 Å². The van der Waals surface area contributed by atoms with Gasteiger partial charge in [-0.1, -0.05) is 0 Å². The minimum absolute atomic E-state index is 0.142. The number of halogens is 2. The van der Waals surface area contributed by atoms with E-state index in [4.69, 9.17) is 4.74 Å². The third-order valence-electron chi connectivity index (χ3n) is 4.07. The molecule has 7 heteroatoms. The zero-order valence-electron chi connectivity index (χ0n) is 12.9. The van der Waals surface area contributed by atoms with Gasteiger partial charge in [-0.05, 0) is 26.0 Å². The van der Waals surface area contributed by atoms with Crippen LogP contribution in [0.25, 0.3) is 0 Å². The smallest absolute Gasteiger partial charge is 0.257 e. The van der Waals surface area contributed by atoms with Crippen LogP contribution in [0, 0.1) is 25.5 Å². The van der Waals surface area contributed by atoms with Gasteiger partial charge in [0.25, 0.3) is 5.91 Å². The first-order chi connectivity index (χ1) is 11.0. The standard InChI is InChI=1S/C16H17F2N3O2/c1-9-15(10(2)20-19-9)14-8-23-6-5-21(14)16(22)12-4-3-11(17)7-13(12)18/h3-4,7,14H,5-6,8H2,1-2H3,(H,19,20)/t14-/m0/s1. The molecule has 1 aliphatic heterocycles. The lowest BCUT2D eigenvalue weighted by atomic mass is 10.0. The van der Waals surface area contributed by atoms with E-state index in [1.807, 2.05) is 13.8 Å². The first-order valence-electron chi connectivity index (χ1n) is 7.34. The number of nitrogens with one attached hydrogen (secondary N) is 1. The minimum atomic E-state index is -0.860. The van der Waals surface area contributed by atoms with E-state index in [0.717, 1.165) is 29.1 Å². The summed E-state index contributed by atoms with van der Waals surface area (Å²) in [4.78, 5) is 14.3. The molecule has 1 N–H and O–H groups in total. The Kier molecular flexibility index (Phi) is 4.12. The molecule has 2 aromatic rings. The van der Waals surface area contributed by atoms with Crippen LogP contribution in [0.3, 0.4) is 0 Å². The Balaban J connectivity index is 1.97. The zero-order valence-corrected chi connectivity index (χ0v) is 12.9. The van der Waals surface area contributed by atoms with Crippen LogP contribution in [0.5, 0.6) is 0 Å². The van der Waals surface area contributed by atoms with Crippen LogP contribution in [0.2, 0.25) is 0 Å². The highest BCUT2D eigenvalue weighted by Crippen LogP contribution is 2.30. The molecular weight excluding hydrogens is 304 g/mol. The van der Waals surface area contributed by atoms with E-state index in [0.29, 0.717) is 19.8 Å². The second-order valence-electron chi connectivity index (χ2n) is 5.56. The third-order valence-corrected chi connectivity index (χ3v) is 4.07. The van der Waals surface area contributed by atoms with Crippen molar-refractivity contribution < 1.29 is 18.3 Å². The summed E-state index contributed by atoms with van der Waals surface area (Å²) in [5.74, 6) is -2.05. The molecule has 23 heavy (non-hydrogen) atoms. The van der Waals surface area contributed by atoms with E-state index < -0.39 is 17.5 Å². The first-order valence-corrected chi connectivity index (χ1v) is 7.34. The van der Waals surface area contributed by atoms with Crippen molar-refractivity contribution in [1.82, 2.24) is 15.1 Å². The Morgan fingerprint density at radius 3 is 2.83 bits per heavy atom. The van der Waals surface area contributed by atoms with Crippen LogP contribution in [0.15, 0.2) is 18.2 Å². The van der Waals surface area contributed by atoms with Gasteiger partial charge < -0.3 is 9.64 Å². The molecule has 1 atom stereocenters. The number of aryl methyl sites for hydroxylation is 2. The fourth-order valence-corrected chi connectivity index (χ4v) is 2.95. The average Bonchev–Trinajstić information content (AvgIpc) is 2.85. The van der Waals surface area contributed by atoms with Crippen molar-refractivity contribution in [2.24, 2.45) is 0 Å². The number of nitrogens with zero attached hydrogens (tertiary/aromatic N) is 2. The van der Waals surface area contributed by atoms with Crippen LogP contribution in [0.4, 0.5) is 8.78 Å². The fraction of sp³-hybridized carbons (Fsp3) is 0.375. The van der Waals surface area contributed by atoms with Crippen LogP contribution in [0.1, 0.15) is 33.4 Å². The Bertz CT molecular complexity index is 725. The summed E-state index contributed by atoms with van der Waals surface area (Å²) >= 11 is 0. The lowest BCUT2D eigenvalue weighted by Gasteiger charge is -2.36. The largest absolute Gasteiger partial charge is 0.377 e. The summed E-state index contributed by atoms with van der Waals surface area (Å²) in [6, 6.07) is 2.63. The molecule has 1 aromatic heterocycles. The summed E-state index contributed by atoms with van der Waals surface area (Å²) in [7, 11) is 0. The van der Waals surface area contributed by atoms with E-state index in [2.05, 4.69) is 10.2 Å². The first kappa shape index (κ1) is 15.6. The molecule has 5 nitrogen and oxygen atoms in total. The predicted molar refractivity (Wildman–Crippen MR) is 79.0 cm³/mol. The van der Waals surface area contributed by atoms with Gasteiger partial charge in [-0.15, -0.1) is 0 Å². The number of hydrogen-bond acceptors (Lipinski definition) is 3. The normalized spacial score (nSPS) is 18.3. The van der Waals surface area contributed by atoms with E-state index in [1.54, 1.807) is 4.90 Å². The second kappa shape index (κ2) is 6.08. The van der Waals surface area contributed by atoms with Crippen molar-refractivity contribution in [1.29, 1.82) is 0 Å². The fourth-order valence-electron chi connectivity index (χ4n) is 2.95. The van der Waals surface area contributed by atoms with E-state index in [1.165, 1.54) is 6.07 Å². The highest BCUT2D eigenvalue weighted by atomic mass is 19.1. The van der Waals surface area contributed by atoms with Crippen molar-refractivity contribution in [3.63, 3.8) is 0 Å². The number of rotatable bonds is 2. The summed E-state index contributed by atoms with van der Waals surface area (Å²) in [6.45, 7) is 4.74. The van der Waals surface area contributed by atoms with Gasteiger partial charge in [-0.25, -0.2) is 8.78 Å². The maximum atomic E-state index is 13.9. The molecule has 0 radical (unpaired) electrons. The Labute approximate surface area is 132 Å². The van der Waals surface area contributed by atoms with Gasteiger partial charge in [-0.3, -0.25) is 9.89 Å². The Morgan fingerprint density at radius 2 is 2.17 bits per heavy atom. The maximum absolute atomic E-state index is 13.9. The topological polar surface area (TPSA) is 58.2 Å². The van der Waals surface area contributed by atoms with Gasteiger partial charge in [0.1, 0.15) is 11.6 Å². The summed E-state index contributed by atoms with van der Waals surface area (Å²) in [5.41, 5.74) is 2.35. The molecule has 1 saturated heterocycles. The molecule has 0 saturated carbocycles. The second-order valence-corrected chi connectivity index (χ2v) is 5.56. The van der Waals surface area contributed by atoms with E-state index >= 15 is 0 Å². The molecule has 2 heterocycles. The average molecular weight is 321 g/mol. The monoisotopic (exact) mass is 321 g/mol. The number of aromatic nitrogens is 2. The van der Waals surface area contributed by atoms with Gasteiger partial charge in [0.05, 0.1) is 30.5 Å². The summed E-state index contributed by atoms with van der Waals surface area (Å²) in [6.07, 6.45) is 0. The Morgan fingerprint density at radius 1 is 1.39 bits per heavy atom. The minimum Gasteiger partial charge on any atom is -0.377 e. The number of amides is 1. The lowest BCUT2D eigenvalue weighted by molar-refractivity contribution is -0.00325. The molecular formula is C16H17F2N3O2. The van der Waals surface area contributed by atoms with Crippen molar-refractivity contribution in [2.75, 3.05) is 19.8 Å². The highest BCUT2D eigenvalue weighted by molar-refractivity contribution is 5.94. The molecule has 1 aromatic carbocycles. The molecule has 122 valence electrons. The molecule has 3 rings (SSSR count). The predicted octanol–water partition coefficient (Wildman–Crippen LogP) is 2.52. The number of carbonyl (C=O) groups is 1. The van der Waals surface area contributed by atoms with Gasteiger partial charge in [0, 0.05) is 23.9 Å². The number of morpholine rings is 1. The molecule has 1 fully saturated rings. The molecule has 0 aliphatic carbocycles. The third kappa shape index (κ3) is 2.84. The number of aromatic amines is 1. The van der Waals surface area contributed by atoms with Crippen molar-refractivity contribution in [2.45, 2.75) is 19.9 Å². The van der Waals surface area contributed by atoms with Crippen LogP contribution in [-0.2, 0) is 4.74 Å². The van der Waals surface area contributed by atoms with Crippen molar-refractivity contribution >= 4 is 5.91 Å². The molecule has 0 bridgehead atoms. The van der Waals surface area contributed by atoms with Gasteiger partial charge in [0.2, 0.25) is 0 Å². The zero-order chi connectivity index (χ0) is 16.6. The van der Waals surface area contributed by atoms with Crippen LogP contribution < -0.4 is 0 Å². The van der Waals surface area contributed by atoms with Gasteiger partial charge in [0.15, 0.2) is 0 Å². The number of ether oxygens (including phenoxy) is 1. The highest BCUT2D eigenvalue weighted by Gasteiger charge is 2.33. The summed E-state index contributed by atoms with van der Waals surface area (Å²) in [5, 5.41) is 7.03. The van der Waals surface area contributed by atoms with Crippen LogP contribution in [-0.4, -0.2) is 40.8 Å². The van der Waals surface area contributed by atoms with Crippen LogP contribution >= 0.6 is 0 Å². The Hall–Kier alpha value is -2.28. The molecule has 1 amide bonds. The van der Waals surface area contributed by atoms with E-state index in [9.17, 15) is 13.6 Å². The summed E-state index contributed by atoms with van der Waals surface area (Å²) < 4.78 is 32.5. The molecule has 1 aliphatic rings. The van der Waals surface area contributed by atoms with E-state index in [-0.39, 0.29) is 11.6 Å².